The number of likely N-dealkylation sites (tertiary alicyclic amines) is 1. The molecule has 1 fully saturated rings. The molecule has 12 heteroatoms. The van der Waals surface area contributed by atoms with Crippen molar-refractivity contribution in [1.82, 2.24) is 14.4 Å². The first-order chi connectivity index (χ1) is 33.2. The monoisotopic (exact) mass is 768 g/mol. The summed E-state index contributed by atoms with van der Waals surface area (Å²) in [6, 6.07) is -18.4. The zero-order valence-electron chi connectivity index (χ0n) is 46.9. The molecule has 0 aliphatic carbocycles. The topological polar surface area (TPSA) is 54.8 Å². The molecule has 0 unspecified atom stereocenters. The van der Waals surface area contributed by atoms with E-state index in [1.807, 2.05) is 0 Å². The highest BCUT2D eigenvalue weighted by Gasteiger charge is 2.32. The number of thioether (sulfide) groups is 1. The van der Waals surface area contributed by atoms with Gasteiger partial charge in [-0.3, -0.25) is 9.59 Å². The summed E-state index contributed by atoms with van der Waals surface area (Å²) in [6.07, 6.45) is -5.67. The smallest absolute Gasteiger partial charge is 0.383 e. The summed E-state index contributed by atoms with van der Waals surface area (Å²) in [5.74, 6) is -5.89. The summed E-state index contributed by atoms with van der Waals surface area (Å²) in [6.45, 7) is -6.69. The molecule has 2 heterocycles. The van der Waals surface area contributed by atoms with E-state index in [2.05, 4.69) is 0 Å². The molecule has 53 heavy (non-hydrogen) atoms. The van der Waals surface area contributed by atoms with Crippen molar-refractivity contribution in [3.63, 3.8) is 0 Å². The fourth-order valence-corrected chi connectivity index (χ4v) is 6.45. The van der Waals surface area contributed by atoms with Crippen LogP contribution in [0.25, 0.3) is 22.0 Å². The minimum Gasteiger partial charge on any atom is -0.383 e. The van der Waals surface area contributed by atoms with E-state index in [0.29, 0.717) is 9.47 Å². The van der Waals surface area contributed by atoms with Gasteiger partial charge in [-0.25, -0.2) is 8.78 Å². The summed E-state index contributed by atoms with van der Waals surface area (Å²) in [5.41, 5.74) is -8.58. The van der Waals surface area contributed by atoms with Crippen molar-refractivity contribution in [1.29, 1.82) is 0 Å². The van der Waals surface area contributed by atoms with Crippen LogP contribution >= 0.6 is 11.8 Å². The second-order valence-corrected chi connectivity index (χ2v) is 12.5. The molecule has 1 aliphatic heterocycles. The summed E-state index contributed by atoms with van der Waals surface area (Å²) in [4.78, 5) is 31.2. The van der Waals surface area contributed by atoms with Crippen molar-refractivity contribution in [2.24, 2.45) is 0 Å². The summed E-state index contributed by atoms with van der Waals surface area (Å²) < 4.78 is 241. The molecule has 1 aromatic heterocycles. The molecule has 6 nitrogen and oxygen atoms in total. The molecule has 278 valence electrons. The minimum absolute atomic E-state index is 0.0817. The Morgan fingerprint density at radius 3 is 2.42 bits per heavy atom. The lowest BCUT2D eigenvalue weighted by atomic mass is 9.98. The average molecular weight is 769 g/mol. The Bertz CT molecular complexity index is 3070. The van der Waals surface area contributed by atoms with Crippen molar-refractivity contribution in [2.75, 3.05) is 33.3 Å². The highest BCUT2D eigenvalue weighted by atomic mass is 32.2. The fourth-order valence-electron chi connectivity index (χ4n) is 5.49. The van der Waals surface area contributed by atoms with Gasteiger partial charge in [0.15, 0.2) is 17.1 Å². The third-order valence-corrected chi connectivity index (χ3v) is 9.16. The normalized spacial score (nSPS) is 19.8. The molecule has 4 aromatic carbocycles. The van der Waals surface area contributed by atoms with Crippen molar-refractivity contribution in [3.8, 4) is 11.1 Å². The van der Waals surface area contributed by atoms with E-state index in [0.717, 1.165) is 14.0 Å². The van der Waals surface area contributed by atoms with E-state index >= 15 is 9.18 Å². The van der Waals surface area contributed by atoms with Crippen LogP contribution in [0.5, 0.6) is 0 Å². The zero-order valence-corrected chi connectivity index (χ0v) is 28.7. The SMILES string of the molecule is [2H]c1c([2H])c(F)c(F)c(CSc2c([2H])c(=O)c3c([2H])c([2H])c([2H])c([2H])c3n2CC(=O)N(C2CCN(CC([2H])([2H])OC)CC2)C([2H])([2H])c2c([2H])c([2H])c(-c3c([2H])c([2H])c(C(F)(F)F)c(C)c3[2H])c([2H])c2[2H])c1[2H]. The lowest BCUT2D eigenvalue weighted by Crippen LogP contribution is -2.48. The summed E-state index contributed by atoms with van der Waals surface area (Å²) >= 11 is 0.265. The van der Waals surface area contributed by atoms with E-state index in [4.69, 9.17) is 28.0 Å². The maximum Gasteiger partial charge on any atom is 0.416 e. The molecule has 1 amide bonds. The van der Waals surface area contributed by atoms with Gasteiger partial charge in [-0.1, -0.05) is 60.4 Å². The number of ether oxygens (including phenoxy) is 1. The molecule has 1 aliphatic rings. The Morgan fingerprint density at radius 1 is 0.981 bits per heavy atom. The zero-order chi connectivity index (χ0) is 54.3. The predicted molar refractivity (Wildman–Crippen MR) is 198 cm³/mol. The highest BCUT2D eigenvalue weighted by molar-refractivity contribution is 7.98. The first-order valence-corrected chi connectivity index (χ1v) is 16.7. The number of piperidine rings is 1. The van der Waals surface area contributed by atoms with Gasteiger partial charge < -0.3 is 19.1 Å². The number of carbonyl (C=O) groups is 1. The molecule has 5 aromatic rings. The van der Waals surface area contributed by atoms with Crippen molar-refractivity contribution < 1.29 is 57.5 Å². The van der Waals surface area contributed by atoms with Crippen LogP contribution in [0.2, 0.25) is 0 Å². The van der Waals surface area contributed by atoms with E-state index in [1.54, 1.807) is 4.90 Å². The molecular weight excluding hydrogens is 710 g/mol. The largest absolute Gasteiger partial charge is 0.416 e. The van der Waals surface area contributed by atoms with E-state index in [-0.39, 0.29) is 44.2 Å². The third kappa shape index (κ3) is 9.00. The van der Waals surface area contributed by atoms with Gasteiger partial charge in [0.1, 0.15) is 6.54 Å². The standard InChI is InChI=1S/C41H40F5N3O3S/c1-27-22-30(14-15-34(27)41(44,45)46)29-12-10-28(11-13-29)24-48(32-16-18-47(19-17-32)20-21-52-2)38(51)25-49-36-9-4-3-7-33(36)37(50)23-39(49)53-26-31-6-5-8-35(42)40(31)43/h3-15,22-23,32H,16-21,24-26H2,1-2H3/i3D,4D,5D,6D,7D,8D,9D,10D,11D,12D,13D,14D,15D,21D2,22D,23D,24D2. The van der Waals surface area contributed by atoms with Gasteiger partial charge in [0.05, 0.1) is 48.7 Å². The lowest BCUT2D eigenvalue weighted by Gasteiger charge is -2.39. The first kappa shape index (κ1) is 20.8. The van der Waals surface area contributed by atoms with Crippen LogP contribution in [0, 0.1) is 18.6 Å². The van der Waals surface area contributed by atoms with Crippen LogP contribution in [0.3, 0.4) is 0 Å². The Hall–Kier alpha value is -4.52. The number of para-hydroxylation sites is 1. The predicted octanol–water partition coefficient (Wildman–Crippen LogP) is 8.71. The van der Waals surface area contributed by atoms with Gasteiger partial charge in [-0.05, 0) is 66.2 Å². The Labute approximate surface area is 335 Å². The Balaban J connectivity index is 1.60. The average Bonchev–Trinajstić information content (AvgIpc) is 3.30. The van der Waals surface area contributed by atoms with Crippen LogP contribution < -0.4 is 5.43 Å². The van der Waals surface area contributed by atoms with Crippen LogP contribution in [-0.4, -0.2) is 59.6 Å². The lowest BCUT2D eigenvalue weighted by molar-refractivity contribution is -0.138. The van der Waals surface area contributed by atoms with Crippen molar-refractivity contribution >= 4 is 28.6 Å². The molecule has 0 N–H and O–H groups in total. The van der Waals surface area contributed by atoms with Gasteiger partial charge in [-0.2, -0.15) is 13.2 Å². The number of benzene rings is 4. The number of hydrogen-bond donors (Lipinski definition) is 0. The van der Waals surface area contributed by atoms with Crippen molar-refractivity contribution in [2.45, 2.75) is 55.8 Å². The van der Waals surface area contributed by atoms with Gasteiger partial charge in [0.2, 0.25) is 5.91 Å². The number of hydrogen-bond acceptors (Lipinski definition) is 5. The quantitative estimate of drug-likeness (QED) is 0.0940. The van der Waals surface area contributed by atoms with Gasteiger partial charge in [0.25, 0.3) is 0 Å². The second-order valence-electron chi connectivity index (χ2n) is 11.6. The number of pyridine rings is 1. The summed E-state index contributed by atoms with van der Waals surface area (Å²) in [5, 5.41) is -1.55. The Morgan fingerprint density at radius 2 is 1.70 bits per heavy atom. The van der Waals surface area contributed by atoms with Crippen LogP contribution in [0.4, 0.5) is 22.0 Å². The third-order valence-electron chi connectivity index (χ3n) is 8.13. The van der Waals surface area contributed by atoms with Crippen LogP contribution in [0.1, 0.15) is 61.1 Å². The summed E-state index contributed by atoms with van der Waals surface area (Å²) in [7, 11) is 1.11. The first-order valence-electron chi connectivity index (χ1n) is 25.3. The number of rotatable bonds is 12. The molecule has 0 spiro atoms. The molecule has 0 bridgehead atoms. The number of alkyl halides is 3. The van der Waals surface area contributed by atoms with E-state index in [9.17, 15) is 25.1 Å². The number of nitrogens with zero attached hydrogens (tertiary/aromatic N) is 3. The van der Waals surface area contributed by atoms with Crippen molar-refractivity contribution in [3.05, 3.63) is 135 Å². The number of fused-ring (bicyclic) bond motifs is 1. The molecule has 1 saturated heterocycles. The molecule has 6 rings (SSSR count). The second kappa shape index (κ2) is 16.7. The fraction of sp³-hybridized carbons (Fsp3) is 0.317. The minimum atomic E-state index is -5.23. The highest BCUT2D eigenvalue weighted by Crippen LogP contribution is 2.34. The number of carbonyl (C=O) groups excluding carboxylic acids is 1. The maximum atomic E-state index is 15.3. The number of halogens is 5. The van der Waals surface area contributed by atoms with Gasteiger partial charge in [-0.15, -0.1) is 11.8 Å². The van der Waals surface area contributed by atoms with E-state index in [1.165, 1.54) is 0 Å². The maximum absolute atomic E-state index is 15.3. The molecule has 0 saturated carbocycles. The van der Waals surface area contributed by atoms with Gasteiger partial charge in [0, 0.05) is 62.0 Å². The molecular formula is C41H40F5N3O3S. The molecule has 0 radical (unpaired) electrons. The Kier molecular flexibility index (Phi) is 6.54. The number of aromatic nitrogens is 1. The number of amides is 1. The van der Waals surface area contributed by atoms with E-state index < -0.39 is 200 Å². The van der Waals surface area contributed by atoms with Crippen LogP contribution in [-0.2, 0) is 34.5 Å². The molecule has 0 atom stereocenters. The number of methoxy groups -OCH3 is 1. The van der Waals surface area contributed by atoms with Gasteiger partial charge >= 0.3 is 6.18 Å². The van der Waals surface area contributed by atoms with Crippen LogP contribution in [0.15, 0.2) is 100 Å².